The summed E-state index contributed by atoms with van der Waals surface area (Å²) < 4.78 is 11.0. The van der Waals surface area contributed by atoms with Crippen LogP contribution >= 0.6 is 0 Å². The van der Waals surface area contributed by atoms with Crippen molar-refractivity contribution in [2.75, 3.05) is 7.11 Å². The summed E-state index contributed by atoms with van der Waals surface area (Å²) in [6, 6.07) is 11.5. The lowest BCUT2D eigenvalue weighted by atomic mass is 9.85. The molecule has 35 heavy (non-hydrogen) atoms. The van der Waals surface area contributed by atoms with E-state index in [1.54, 1.807) is 24.3 Å². The smallest absolute Gasteiger partial charge is 0.315 e. The fourth-order valence-corrected chi connectivity index (χ4v) is 5.15. The Bertz CT molecular complexity index is 1310. The molecule has 5 rings (SSSR count). The first-order chi connectivity index (χ1) is 16.9. The third-order valence-corrected chi connectivity index (χ3v) is 6.75. The highest BCUT2D eigenvalue weighted by Gasteiger charge is 2.59. The Labute approximate surface area is 200 Å². The number of nitriles is 1. The van der Waals surface area contributed by atoms with Crippen LogP contribution in [0.15, 0.2) is 53.7 Å². The molecule has 0 aromatic heterocycles. The highest BCUT2D eigenvalue weighted by atomic mass is 16.6. The third-order valence-electron chi connectivity index (χ3n) is 6.75. The van der Waals surface area contributed by atoms with Crippen molar-refractivity contribution >= 4 is 23.7 Å². The van der Waals surface area contributed by atoms with Gasteiger partial charge < -0.3 is 9.47 Å². The van der Waals surface area contributed by atoms with Gasteiger partial charge >= 0.3 is 5.69 Å². The molecular formula is C25H20N4O6. The molecule has 2 amide bonds. The highest BCUT2D eigenvalue weighted by molar-refractivity contribution is 6.06. The zero-order valence-electron chi connectivity index (χ0n) is 18.7. The number of allylic oxidation sites excluding steroid dienone is 2. The van der Waals surface area contributed by atoms with E-state index in [-0.39, 0.29) is 64.8 Å². The van der Waals surface area contributed by atoms with Gasteiger partial charge in [-0.1, -0.05) is 30.4 Å². The molecule has 2 aromatic rings. The molecule has 2 fully saturated rings. The summed E-state index contributed by atoms with van der Waals surface area (Å²) in [7, 11) is 1.34. The van der Waals surface area contributed by atoms with E-state index in [1.807, 2.05) is 12.2 Å². The molecule has 0 unspecified atom stereocenters. The van der Waals surface area contributed by atoms with Gasteiger partial charge in [0.2, 0.25) is 5.75 Å². The summed E-state index contributed by atoms with van der Waals surface area (Å²) in [6.45, 7) is -0.0791. The Morgan fingerprint density at radius 1 is 1.20 bits per heavy atom. The van der Waals surface area contributed by atoms with E-state index in [4.69, 9.17) is 9.47 Å². The second-order valence-electron chi connectivity index (χ2n) is 8.62. The first-order valence-electron chi connectivity index (χ1n) is 11.0. The lowest BCUT2D eigenvalue weighted by molar-refractivity contribution is -0.386. The van der Waals surface area contributed by atoms with Crippen molar-refractivity contribution in [1.29, 1.82) is 5.26 Å². The van der Waals surface area contributed by atoms with E-state index in [9.17, 15) is 25.0 Å². The van der Waals surface area contributed by atoms with E-state index in [2.05, 4.69) is 11.2 Å². The average Bonchev–Trinajstić information content (AvgIpc) is 3.55. The number of methoxy groups -OCH3 is 1. The number of nitrogens with zero attached hydrogens (tertiary/aromatic N) is 4. The molecule has 10 nitrogen and oxygen atoms in total. The molecule has 4 atom stereocenters. The van der Waals surface area contributed by atoms with Crippen molar-refractivity contribution in [2.45, 2.75) is 13.0 Å². The second-order valence-corrected chi connectivity index (χ2v) is 8.62. The van der Waals surface area contributed by atoms with Crippen LogP contribution in [0.4, 0.5) is 5.69 Å². The lowest BCUT2D eigenvalue weighted by Gasteiger charge is -2.13. The molecule has 2 bridgehead atoms. The van der Waals surface area contributed by atoms with Crippen LogP contribution in [0, 0.1) is 45.1 Å². The van der Waals surface area contributed by atoms with Crippen LogP contribution in [0.25, 0.3) is 0 Å². The summed E-state index contributed by atoms with van der Waals surface area (Å²) in [5, 5.41) is 26.0. The summed E-state index contributed by atoms with van der Waals surface area (Å²) in [5.41, 5.74) is 0.846. The van der Waals surface area contributed by atoms with Crippen LogP contribution in [-0.4, -0.2) is 35.1 Å². The number of hydrogen-bond donors (Lipinski definition) is 0. The molecule has 2 aromatic carbocycles. The Kier molecular flexibility index (Phi) is 5.53. The number of hydrogen-bond acceptors (Lipinski definition) is 8. The fourth-order valence-electron chi connectivity index (χ4n) is 5.15. The second kappa shape index (κ2) is 8.68. The number of fused-ring (bicyclic) bond motifs is 5. The van der Waals surface area contributed by atoms with Gasteiger partial charge in [-0.15, -0.1) is 0 Å². The van der Waals surface area contributed by atoms with E-state index in [0.717, 1.165) is 11.4 Å². The highest BCUT2D eigenvalue weighted by Crippen LogP contribution is 2.52. The lowest BCUT2D eigenvalue weighted by Crippen LogP contribution is -2.28. The Morgan fingerprint density at radius 3 is 2.51 bits per heavy atom. The first-order valence-corrected chi connectivity index (χ1v) is 11.0. The molecule has 176 valence electrons. The maximum Gasteiger partial charge on any atom is 0.315 e. The summed E-state index contributed by atoms with van der Waals surface area (Å²) in [5.74, 6) is -1.36. The van der Waals surface area contributed by atoms with Crippen LogP contribution in [-0.2, 0) is 16.2 Å². The topological polar surface area (TPSA) is 135 Å². The van der Waals surface area contributed by atoms with Crippen molar-refractivity contribution in [1.82, 2.24) is 5.01 Å². The number of nitro benzene ring substituents is 1. The van der Waals surface area contributed by atoms with Crippen LogP contribution in [0.1, 0.15) is 23.1 Å². The van der Waals surface area contributed by atoms with Gasteiger partial charge in [-0.3, -0.25) is 19.7 Å². The Morgan fingerprint density at radius 2 is 1.89 bits per heavy atom. The molecule has 10 heteroatoms. The number of amides is 2. The molecule has 1 saturated heterocycles. The maximum absolute atomic E-state index is 12.8. The van der Waals surface area contributed by atoms with Gasteiger partial charge in [0.1, 0.15) is 6.61 Å². The number of carbonyl (C=O) groups is 2. The minimum Gasteiger partial charge on any atom is -0.493 e. The van der Waals surface area contributed by atoms with Crippen molar-refractivity contribution < 1.29 is 24.0 Å². The van der Waals surface area contributed by atoms with Gasteiger partial charge in [0, 0.05) is 17.2 Å². The van der Waals surface area contributed by atoms with Crippen molar-refractivity contribution in [3.05, 3.63) is 75.4 Å². The zero-order valence-corrected chi connectivity index (χ0v) is 18.7. The van der Waals surface area contributed by atoms with Crippen LogP contribution in [0.5, 0.6) is 11.5 Å². The van der Waals surface area contributed by atoms with Crippen LogP contribution in [0.3, 0.4) is 0 Å². The molecule has 1 saturated carbocycles. The number of ether oxygens (including phenoxy) is 2. The van der Waals surface area contributed by atoms with Gasteiger partial charge in [-0.2, -0.15) is 15.4 Å². The average molecular weight is 472 g/mol. The summed E-state index contributed by atoms with van der Waals surface area (Å²) >= 11 is 0. The van der Waals surface area contributed by atoms with Crippen LogP contribution < -0.4 is 9.47 Å². The predicted molar refractivity (Wildman–Crippen MR) is 122 cm³/mol. The van der Waals surface area contributed by atoms with Crippen molar-refractivity contribution in [3.63, 3.8) is 0 Å². The number of imide groups is 1. The number of carbonyl (C=O) groups excluding carboxylic acids is 2. The van der Waals surface area contributed by atoms with Gasteiger partial charge in [0.15, 0.2) is 5.75 Å². The number of rotatable bonds is 7. The van der Waals surface area contributed by atoms with Gasteiger partial charge in [-0.25, -0.2) is 0 Å². The molecule has 1 heterocycles. The monoisotopic (exact) mass is 472 g/mol. The predicted octanol–water partition coefficient (Wildman–Crippen LogP) is 3.20. The molecule has 0 radical (unpaired) electrons. The van der Waals surface area contributed by atoms with Crippen molar-refractivity contribution in [2.24, 2.45) is 28.8 Å². The molecule has 3 aliphatic rings. The summed E-state index contributed by atoms with van der Waals surface area (Å²) in [6.07, 6.45) is 6.03. The Balaban J connectivity index is 1.41. The number of hydrazone groups is 1. The standard InChI is InChI=1S/C25H20N4O6/c1-34-20-9-14(12-27-28-24(30)21-15-6-7-16(10-15)22(21)25(28)31)8-19(29(32)33)23(20)35-13-18-5-3-2-4-17(18)11-26/h2-9,12,15-16,21-22H,10,13H2,1H3/t15-,16-,21-,22+/m0/s1. The summed E-state index contributed by atoms with van der Waals surface area (Å²) in [4.78, 5) is 36.8. The molecule has 0 N–H and O–H groups in total. The van der Waals surface area contributed by atoms with Gasteiger partial charge in [0.25, 0.3) is 11.8 Å². The molecular weight excluding hydrogens is 452 g/mol. The molecule has 1 aliphatic heterocycles. The SMILES string of the molecule is COc1cc(C=NN2C(=O)[C@@H]3[C@H](C2=O)[C@H]2C=C[C@H]3C2)cc([N+](=O)[O-])c1OCc1ccccc1C#N. The van der Waals surface area contributed by atoms with Gasteiger partial charge in [0.05, 0.1) is 41.7 Å². The largest absolute Gasteiger partial charge is 0.493 e. The normalized spacial score (nSPS) is 24.2. The van der Waals surface area contributed by atoms with Gasteiger partial charge in [-0.05, 0) is 30.4 Å². The van der Waals surface area contributed by atoms with E-state index in [0.29, 0.717) is 11.1 Å². The zero-order chi connectivity index (χ0) is 24.7. The fraction of sp³-hybridized carbons (Fsp3) is 0.280. The number of benzene rings is 2. The molecule has 0 spiro atoms. The maximum atomic E-state index is 12.8. The Hall–Kier alpha value is -4.52. The number of nitro groups is 1. The van der Waals surface area contributed by atoms with E-state index in [1.165, 1.54) is 25.5 Å². The third kappa shape index (κ3) is 3.71. The minimum absolute atomic E-state index is 0.0606. The van der Waals surface area contributed by atoms with E-state index >= 15 is 0 Å². The van der Waals surface area contributed by atoms with E-state index < -0.39 is 4.92 Å². The quantitative estimate of drug-likeness (QED) is 0.198. The first kappa shape index (κ1) is 22.3. The molecule has 2 aliphatic carbocycles. The van der Waals surface area contributed by atoms with Crippen molar-refractivity contribution in [3.8, 4) is 17.6 Å². The van der Waals surface area contributed by atoms with Crippen LogP contribution in [0.2, 0.25) is 0 Å². The minimum atomic E-state index is -0.620.